The van der Waals surface area contributed by atoms with Crippen molar-refractivity contribution >= 4 is 38.3 Å². The number of likely N-dealkylation sites (N-methyl/N-ethyl adjacent to an activating group) is 1. The number of amides is 1. The van der Waals surface area contributed by atoms with E-state index in [2.05, 4.69) is 44.7 Å². The van der Waals surface area contributed by atoms with Gasteiger partial charge >= 0.3 is 0 Å². The molecule has 1 aromatic heterocycles. The second kappa shape index (κ2) is 9.58. The second-order valence-electron chi connectivity index (χ2n) is 7.85. The Labute approximate surface area is 183 Å². The fraction of sp³-hybridized carbons (Fsp3) is 0.417. The lowest BCUT2D eigenvalue weighted by atomic mass is 10.1. The first-order chi connectivity index (χ1) is 14.3. The number of thiazole rings is 1. The molecular weight excluding hydrogens is 392 g/mol. The molecule has 5 nitrogen and oxygen atoms in total. The topological polar surface area (TPSA) is 39.7 Å². The Morgan fingerprint density at radius 1 is 1.00 bits per heavy atom. The van der Waals surface area contributed by atoms with Gasteiger partial charge in [0.15, 0.2) is 5.13 Å². The number of aryl methyl sites for hydroxylation is 2. The van der Waals surface area contributed by atoms with Crippen LogP contribution in [-0.4, -0.2) is 56.1 Å². The highest BCUT2D eigenvalue weighted by atomic mass is 32.1. The lowest BCUT2D eigenvalue weighted by molar-refractivity contribution is 0.0984. The van der Waals surface area contributed by atoms with Crippen LogP contribution in [0.2, 0.25) is 0 Å². The summed E-state index contributed by atoms with van der Waals surface area (Å²) in [5, 5.41) is 0.771. The molecule has 3 rings (SSSR count). The van der Waals surface area contributed by atoms with Gasteiger partial charge in [0.2, 0.25) is 0 Å². The van der Waals surface area contributed by atoms with Crippen LogP contribution >= 0.6 is 11.3 Å². The number of carbonyl (C=O) groups is 1. The zero-order valence-corrected chi connectivity index (χ0v) is 19.7. The van der Waals surface area contributed by atoms with Crippen LogP contribution in [0, 0.1) is 13.8 Å². The quantitative estimate of drug-likeness (QED) is 0.512. The predicted octanol–water partition coefficient (Wildman–Crippen LogP) is 4.97. The minimum absolute atomic E-state index is 0.000827. The SMILES string of the molecule is CCN(CC)CCN(C(=O)c1ccc(N(C)C)cc1)c1nc2cc(C)cc(C)c2s1. The van der Waals surface area contributed by atoms with Gasteiger partial charge in [-0.1, -0.05) is 31.3 Å². The van der Waals surface area contributed by atoms with Gasteiger partial charge in [0.25, 0.3) is 5.91 Å². The summed E-state index contributed by atoms with van der Waals surface area (Å²) in [4.78, 5) is 24.6. The van der Waals surface area contributed by atoms with Gasteiger partial charge in [-0.3, -0.25) is 9.69 Å². The van der Waals surface area contributed by atoms with Gasteiger partial charge in [-0.2, -0.15) is 0 Å². The van der Waals surface area contributed by atoms with Crippen molar-refractivity contribution in [1.82, 2.24) is 9.88 Å². The molecule has 0 unspecified atom stereocenters. The van der Waals surface area contributed by atoms with E-state index in [9.17, 15) is 4.79 Å². The van der Waals surface area contributed by atoms with E-state index < -0.39 is 0 Å². The monoisotopic (exact) mass is 424 g/mol. The first kappa shape index (κ1) is 22.2. The summed E-state index contributed by atoms with van der Waals surface area (Å²) >= 11 is 1.61. The summed E-state index contributed by atoms with van der Waals surface area (Å²) in [5.74, 6) is 0.000827. The Kier molecular flexibility index (Phi) is 7.10. The van der Waals surface area contributed by atoms with Crippen molar-refractivity contribution in [3.63, 3.8) is 0 Å². The molecule has 30 heavy (non-hydrogen) atoms. The van der Waals surface area contributed by atoms with Gasteiger partial charge < -0.3 is 9.80 Å². The van der Waals surface area contributed by atoms with Crippen molar-refractivity contribution in [2.75, 3.05) is 50.1 Å². The van der Waals surface area contributed by atoms with Crippen molar-refractivity contribution in [3.05, 3.63) is 53.1 Å². The van der Waals surface area contributed by atoms with Crippen LogP contribution < -0.4 is 9.80 Å². The Morgan fingerprint density at radius 2 is 1.67 bits per heavy atom. The zero-order valence-electron chi connectivity index (χ0n) is 18.9. The van der Waals surface area contributed by atoms with E-state index in [1.165, 1.54) is 11.1 Å². The second-order valence-corrected chi connectivity index (χ2v) is 8.83. The van der Waals surface area contributed by atoms with E-state index >= 15 is 0 Å². The molecule has 2 aromatic carbocycles. The average Bonchev–Trinajstić information content (AvgIpc) is 3.15. The molecule has 0 N–H and O–H groups in total. The first-order valence-corrected chi connectivity index (χ1v) is 11.3. The number of nitrogens with zero attached hydrogens (tertiary/aromatic N) is 4. The van der Waals surface area contributed by atoms with Crippen LogP contribution in [0.25, 0.3) is 10.2 Å². The highest BCUT2D eigenvalue weighted by Crippen LogP contribution is 2.33. The van der Waals surface area contributed by atoms with E-state index in [1.54, 1.807) is 11.3 Å². The molecule has 0 bridgehead atoms. The average molecular weight is 425 g/mol. The Morgan fingerprint density at radius 3 is 2.27 bits per heavy atom. The van der Waals surface area contributed by atoms with Crippen LogP contribution in [0.1, 0.15) is 35.3 Å². The largest absolute Gasteiger partial charge is 0.378 e. The van der Waals surface area contributed by atoms with E-state index in [1.807, 2.05) is 48.2 Å². The normalized spacial score (nSPS) is 11.3. The molecule has 3 aromatic rings. The summed E-state index contributed by atoms with van der Waals surface area (Å²) in [6.45, 7) is 11.9. The number of hydrogen-bond acceptors (Lipinski definition) is 5. The van der Waals surface area contributed by atoms with E-state index in [4.69, 9.17) is 4.98 Å². The molecule has 0 aliphatic heterocycles. The molecule has 0 radical (unpaired) electrons. The Hall–Kier alpha value is -2.44. The third-order valence-corrected chi connectivity index (χ3v) is 6.68. The van der Waals surface area contributed by atoms with Crippen LogP contribution in [0.4, 0.5) is 10.8 Å². The first-order valence-electron chi connectivity index (χ1n) is 10.5. The van der Waals surface area contributed by atoms with Gasteiger partial charge in [0.05, 0.1) is 10.2 Å². The van der Waals surface area contributed by atoms with Crippen molar-refractivity contribution in [1.29, 1.82) is 0 Å². The smallest absolute Gasteiger partial charge is 0.260 e. The van der Waals surface area contributed by atoms with Crippen molar-refractivity contribution < 1.29 is 4.79 Å². The Balaban J connectivity index is 1.97. The summed E-state index contributed by atoms with van der Waals surface area (Å²) in [7, 11) is 4.00. The highest BCUT2D eigenvalue weighted by Gasteiger charge is 2.22. The summed E-state index contributed by atoms with van der Waals surface area (Å²) in [6.07, 6.45) is 0. The highest BCUT2D eigenvalue weighted by molar-refractivity contribution is 7.22. The molecule has 6 heteroatoms. The van der Waals surface area contributed by atoms with E-state index in [0.717, 1.165) is 40.7 Å². The number of fused-ring (bicyclic) bond motifs is 1. The van der Waals surface area contributed by atoms with Gasteiger partial charge in [0, 0.05) is 38.4 Å². The molecule has 0 saturated carbocycles. The molecule has 0 fully saturated rings. The molecule has 0 aliphatic carbocycles. The van der Waals surface area contributed by atoms with Crippen LogP contribution in [0.3, 0.4) is 0 Å². The number of anilines is 2. The van der Waals surface area contributed by atoms with Crippen molar-refractivity contribution in [3.8, 4) is 0 Å². The van der Waals surface area contributed by atoms with Gasteiger partial charge in [0.1, 0.15) is 0 Å². The summed E-state index contributed by atoms with van der Waals surface area (Å²) in [5.41, 5.74) is 5.13. The molecule has 0 atom stereocenters. The molecule has 0 spiro atoms. The van der Waals surface area contributed by atoms with E-state index in [-0.39, 0.29) is 5.91 Å². The summed E-state index contributed by atoms with van der Waals surface area (Å²) in [6, 6.07) is 12.1. The maximum Gasteiger partial charge on any atom is 0.260 e. The standard InChI is InChI=1S/C24H32N4OS/c1-7-27(8-2)13-14-28(23(29)19-9-11-20(12-10-19)26(5)6)24-25-21-16-17(3)15-18(4)22(21)30-24/h9-12,15-16H,7-8,13-14H2,1-6H3. The Bertz CT molecular complexity index is 1010. The molecule has 160 valence electrons. The molecule has 1 amide bonds. The van der Waals surface area contributed by atoms with Crippen LogP contribution in [0.5, 0.6) is 0 Å². The van der Waals surface area contributed by atoms with Crippen molar-refractivity contribution in [2.45, 2.75) is 27.7 Å². The van der Waals surface area contributed by atoms with E-state index in [0.29, 0.717) is 12.1 Å². The number of carbonyl (C=O) groups excluding carboxylic acids is 1. The number of benzene rings is 2. The lowest BCUT2D eigenvalue weighted by Crippen LogP contribution is -2.38. The van der Waals surface area contributed by atoms with Gasteiger partial charge in [-0.05, 0) is 68.4 Å². The maximum absolute atomic E-state index is 13.5. The fourth-order valence-electron chi connectivity index (χ4n) is 3.60. The number of rotatable bonds is 8. The third-order valence-electron chi connectivity index (χ3n) is 5.45. The predicted molar refractivity (Wildman–Crippen MR) is 129 cm³/mol. The maximum atomic E-state index is 13.5. The zero-order chi connectivity index (χ0) is 21.8. The van der Waals surface area contributed by atoms with Crippen LogP contribution in [0.15, 0.2) is 36.4 Å². The molecule has 0 aliphatic rings. The van der Waals surface area contributed by atoms with Crippen molar-refractivity contribution in [2.24, 2.45) is 0 Å². The molecule has 0 saturated heterocycles. The number of hydrogen-bond donors (Lipinski definition) is 0. The molecule has 1 heterocycles. The third kappa shape index (κ3) is 4.82. The summed E-state index contributed by atoms with van der Waals surface area (Å²) < 4.78 is 1.15. The van der Waals surface area contributed by atoms with Crippen LogP contribution in [-0.2, 0) is 0 Å². The lowest BCUT2D eigenvalue weighted by Gasteiger charge is -2.25. The fourth-order valence-corrected chi connectivity index (χ4v) is 4.64. The minimum Gasteiger partial charge on any atom is -0.378 e. The van der Waals surface area contributed by atoms with Gasteiger partial charge in [-0.15, -0.1) is 0 Å². The minimum atomic E-state index is 0.000827. The molecular formula is C24H32N4OS. The van der Waals surface area contributed by atoms with Gasteiger partial charge in [-0.25, -0.2) is 4.98 Å². The number of aromatic nitrogens is 1.